The Morgan fingerprint density at radius 3 is 1.75 bits per heavy atom. The minimum absolute atomic E-state index is 0.00140. The number of benzene rings is 1. The number of primary amides is 1. The van der Waals surface area contributed by atoms with Crippen molar-refractivity contribution in [1.82, 2.24) is 37.0 Å². The Hall–Kier alpha value is -6.24. The fraction of sp³-hybridized carbons (Fsp3) is 0.610. The number of carboxylic acids is 2. The molecular weight excluding hydrogens is 857 g/mol. The summed E-state index contributed by atoms with van der Waals surface area (Å²) in [6.45, 7) is 5.12. The van der Waals surface area contributed by atoms with Crippen molar-refractivity contribution in [2.75, 3.05) is 19.7 Å². The van der Waals surface area contributed by atoms with Crippen LogP contribution in [0.2, 0.25) is 0 Å². The number of nitrogens with two attached hydrogens (primary N) is 3. The second-order valence-corrected chi connectivity index (χ2v) is 16.0. The van der Waals surface area contributed by atoms with Gasteiger partial charge in [-0.05, 0) is 56.0 Å². The molecule has 8 atom stereocenters. The van der Waals surface area contributed by atoms with E-state index in [0.29, 0.717) is 24.8 Å². The number of carboxylic acid groups (broad SMARTS) is 2. The molecule has 1 aromatic rings. The van der Waals surface area contributed by atoms with E-state index in [0.717, 1.165) is 0 Å². The van der Waals surface area contributed by atoms with Gasteiger partial charge in [-0.3, -0.25) is 48.4 Å². The minimum atomic E-state index is -1.81. The zero-order chi connectivity index (χ0) is 49.4. The number of hydroxylamine groups is 2. The van der Waals surface area contributed by atoms with Crippen molar-refractivity contribution in [3.8, 4) is 0 Å². The number of nitrogens with one attached hydrogen (secondary N) is 6. The van der Waals surface area contributed by atoms with Crippen molar-refractivity contribution in [2.24, 2.45) is 29.0 Å². The lowest BCUT2D eigenvalue weighted by Crippen LogP contribution is -2.60. The number of hydrogen-bond donors (Lipinski definition) is 13. The van der Waals surface area contributed by atoms with Gasteiger partial charge in [-0.2, -0.15) is 0 Å². The van der Waals surface area contributed by atoms with Gasteiger partial charge in [0.25, 0.3) is 5.91 Å². The number of carbonyl (C=O) groups excluding carboxylic acids is 8. The Labute approximate surface area is 376 Å². The minimum Gasteiger partial charge on any atom is -0.481 e. The standard InChI is InChI=1S/C41H66N10O14/c1-5-23(4)34(50-35(57)25(43)21-52)40(62)51(65)20-32(54)45-29(19-31(44)53)39(61)48-28(18-24-11-7-6-8-12-24)38(60)47-27(14-15-33(55)56)37(59)46-26(13-9-10-16-42)36(58)49-30(41(63)64)17-22(2)3/h6-8,11-12,22-23,25-30,34,52,65H,5,9-10,13-21,42-43H2,1-4H3,(H2,44,53)(H,45,54)(H,46,59)(H,47,60)(H,48,61)(H,49,58)(H,50,57)(H,55,56)(H,63,64)/t23-,25-,26-,27-,28-,29-,30-,34-/m0/s1. The summed E-state index contributed by atoms with van der Waals surface area (Å²) in [7, 11) is 0. The lowest BCUT2D eigenvalue weighted by molar-refractivity contribution is -0.173. The van der Waals surface area contributed by atoms with E-state index in [1.165, 1.54) is 0 Å². The van der Waals surface area contributed by atoms with Crippen LogP contribution in [0.5, 0.6) is 0 Å². The molecule has 0 aromatic heterocycles. The summed E-state index contributed by atoms with van der Waals surface area (Å²) < 4.78 is 0. The van der Waals surface area contributed by atoms with Crippen LogP contribution in [0.3, 0.4) is 0 Å². The lowest BCUT2D eigenvalue weighted by atomic mass is 9.97. The van der Waals surface area contributed by atoms with Crippen molar-refractivity contribution in [3.05, 3.63) is 35.9 Å². The van der Waals surface area contributed by atoms with E-state index in [1.54, 1.807) is 58.0 Å². The summed E-state index contributed by atoms with van der Waals surface area (Å²) in [5, 5.41) is 53.2. The van der Waals surface area contributed by atoms with E-state index in [9.17, 15) is 68.5 Å². The van der Waals surface area contributed by atoms with Gasteiger partial charge in [0, 0.05) is 12.8 Å². The number of aliphatic hydroxyl groups is 1. The van der Waals surface area contributed by atoms with E-state index in [-0.39, 0.29) is 36.8 Å². The number of unbranched alkanes of at least 4 members (excludes halogenated alkanes) is 1. The molecule has 1 aromatic carbocycles. The fourth-order valence-electron chi connectivity index (χ4n) is 6.19. The number of carbonyl (C=O) groups is 10. The highest BCUT2D eigenvalue weighted by molar-refractivity contribution is 5.98. The maximum absolute atomic E-state index is 14.0. The molecule has 65 heavy (non-hydrogen) atoms. The van der Waals surface area contributed by atoms with Crippen molar-refractivity contribution >= 4 is 59.2 Å². The van der Waals surface area contributed by atoms with Gasteiger partial charge in [-0.25, -0.2) is 9.86 Å². The molecular formula is C41H66N10O14. The molecule has 0 heterocycles. The predicted octanol–water partition coefficient (Wildman–Crippen LogP) is -3.28. The molecule has 0 aliphatic carbocycles. The molecule has 0 fully saturated rings. The lowest BCUT2D eigenvalue weighted by Gasteiger charge is -2.28. The Kier molecular flexibility index (Phi) is 25.6. The van der Waals surface area contributed by atoms with Crippen LogP contribution in [0.1, 0.15) is 84.6 Å². The third-order valence-electron chi connectivity index (χ3n) is 10.0. The van der Waals surface area contributed by atoms with E-state index in [1.807, 2.05) is 0 Å². The second-order valence-electron chi connectivity index (χ2n) is 16.0. The third kappa shape index (κ3) is 21.3. The van der Waals surface area contributed by atoms with Crippen molar-refractivity contribution in [1.29, 1.82) is 0 Å². The predicted molar refractivity (Wildman–Crippen MR) is 230 cm³/mol. The first-order valence-corrected chi connectivity index (χ1v) is 21.2. The maximum Gasteiger partial charge on any atom is 0.326 e. The van der Waals surface area contributed by atoms with Gasteiger partial charge < -0.3 is 64.4 Å². The van der Waals surface area contributed by atoms with Gasteiger partial charge >= 0.3 is 11.9 Å². The Bertz CT molecular complexity index is 1790. The van der Waals surface area contributed by atoms with E-state index < -0.39 is 140 Å². The highest BCUT2D eigenvalue weighted by atomic mass is 16.5. The quantitative estimate of drug-likeness (QED) is 0.0197. The topological polar surface area (TPSA) is 405 Å². The molecule has 0 radical (unpaired) electrons. The summed E-state index contributed by atoms with van der Waals surface area (Å²) >= 11 is 0. The van der Waals surface area contributed by atoms with Crippen molar-refractivity contribution in [2.45, 2.75) is 128 Å². The summed E-state index contributed by atoms with van der Waals surface area (Å²) in [5.41, 5.74) is 17.0. The number of aliphatic carboxylic acids is 2. The van der Waals surface area contributed by atoms with Gasteiger partial charge in [0.15, 0.2) is 0 Å². The number of rotatable bonds is 31. The van der Waals surface area contributed by atoms with Crippen LogP contribution >= 0.6 is 0 Å². The van der Waals surface area contributed by atoms with Gasteiger partial charge in [-0.1, -0.05) is 64.4 Å². The molecule has 0 aliphatic rings. The van der Waals surface area contributed by atoms with E-state index >= 15 is 0 Å². The normalized spacial score (nSPS) is 14.7. The summed E-state index contributed by atoms with van der Waals surface area (Å²) in [4.78, 5) is 129. The molecule has 0 unspecified atom stereocenters. The molecule has 24 nitrogen and oxygen atoms in total. The molecule has 0 aliphatic heterocycles. The molecule has 0 saturated heterocycles. The van der Waals surface area contributed by atoms with Crippen LogP contribution in [0.15, 0.2) is 30.3 Å². The van der Waals surface area contributed by atoms with Gasteiger partial charge in [0.1, 0.15) is 48.8 Å². The average Bonchev–Trinajstić information content (AvgIpc) is 3.24. The molecule has 1 rings (SSSR count). The summed E-state index contributed by atoms with van der Waals surface area (Å²) in [5.74, 6) is -11.8. The highest BCUT2D eigenvalue weighted by Crippen LogP contribution is 2.13. The summed E-state index contributed by atoms with van der Waals surface area (Å²) in [6, 6.07) is -2.36. The zero-order valence-corrected chi connectivity index (χ0v) is 37.1. The molecule has 364 valence electrons. The highest BCUT2D eigenvalue weighted by Gasteiger charge is 2.35. The van der Waals surface area contributed by atoms with Crippen LogP contribution in [-0.2, 0) is 54.4 Å². The van der Waals surface area contributed by atoms with Gasteiger partial charge in [-0.15, -0.1) is 0 Å². The number of amides is 8. The Morgan fingerprint density at radius 1 is 0.708 bits per heavy atom. The molecule has 0 bridgehead atoms. The van der Waals surface area contributed by atoms with Crippen LogP contribution in [0, 0.1) is 11.8 Å². The third-order valence-corrected chi connectivity index (χ3v) is 10.0. The van der Waals surface area contributed by atoms with Crippen molar-refractivity contribution < 1.29 is 68.5 Å². The molecule has 24 heteroatoms. The van der Waals surface area contributed by atoms with Gasteiger partial charge in [0.2, 0.25) is 41.4 Å². The smallest absolute Gasteiger partial charge is 0.326 e. The molecule has 0 spiro atoms. The summed E-state index contributed by atoms with van der Waals surface area (Å²) in [6.07, 6.45) is -1.13. The largest absolute Gasteiger partial charge is 0.481 e. The van der Waals surface area contributed by atoms with Crippen LogP contribution < -0.4 is 49.1 Å². The number of nitrogens with zero attached hydrogens (tertiary/aromatic N) is 1. The maximum atomic E-state index is 14.0. The van der Waals surface area contributed by atoms with Crippen molar-refractivity contribution in [3.63, 3.8) is 0 Å². The molecule has 16 N–H and O–H groups in total. The first-order chi connectivity index (χ1) is 30.5. The van der Waals surface area contributed by atoms with E-state index in [4.69, 9.17) is 17.2 Å². The zero-order valence-electron chi connectivity index (χ0n) is 37.1. The monoisotopic (exact) mass is 922 g/mol. The SMILES string of the molecule is CC[C@H](C)[C@H](NC(=O)[C@@H](N)CO)C(=O)N(O)CC(=O)N[C@@H](CC(N)=O)C(=O)N[C@@H](Cc1ccccc1)C(=O)N[C@@H](CCC(=O)O)C(=O)N[C@@H](CCCCN)C(=O)N[C@@H](CC(C)C)C(=O)O. The van der Waals surface area contributed by atoms with Crippen LogP contribution in [0.4, 0.5) is 0 Å². The van der Waals surface area contributed by atoms with Crippen LogP contribution in [-0.4, -0.2) is 147 Å². The molecule has 8 amide bonds. The first kappa shape index (κ1) is 56.8. The molecule has 0 saturated carbocycles. The fourth-order valence-corrected chi connectivity index (χ4v) is 6.19. The van der Waals surface area contributed by atoms with Crippen LogP contribution in [0.25, 0.3) is 0 Å². The van der Waals surface area contributed by atoms with E-state index in [2.05, 4.69) is 31.9 Å². The average molecular weight is 923 g/mol. The second kappa shape index (κ2) is 29.3. The Balaban J connectivity index is 3.45. The van der Waals surface area contributed by atoms with Gasteiger partial charge in [0.05, 0.1) is 13.0 Å². The number of hydrogen-bond acceptors (Lipinski definition) is 14. The first-order valence-electron chi connectivity index (χ1n) is 21.2. The number of aliphatic hydroxyl groups excluding tert-OH is 1. The Morgan fingerprint density at radius 2 is 1.25 bits per heavy atom.